The van der Waals surface area contributed by atoms with Gasteiger partial charge in [-0.25, -0.2) is 4.98 Å². The molecule has 1 aromatic heterocycles. The number of hydrogen-bond acceptors (Lipinski definition) is 4. The Morgan fingerprint density at radius 1 is 1.47 bits per heavy atom. The monoisotopic (exact) mass is 325 g/mol. The number of rotatable bonds is 4. The summed E-state index contributed by atoms with van der Waals surface area (Å²) in [5.74, 6) is 0.725. The van der Waals surface area contributed by atoms with E-state index in [1.54, 1.807) is 11.3 Å². The maximum absolute atomic E-state index is 11.8. The summed E-state index contributed by atoms with van der Waals surface area (Å²) >= 11 is 1.60. The summed E-state index contributed by atoms with van der Waals surface area (Å²) in [5, 5.41) is 6.30. The molecule has 4 nitrogen and oxygen atoms in total. The van der Waals surface area contributed by atoms with Crippen LogP contribution < -0.4 is 10.6 Å². The van der Waals surface area contributed by atoms with Crippen molar-refractivity contribution in [1.82, 2.24) is 15.6 Å². The number of nitrogens with one attached hydrogen (secondary N) is 2. The van der Waals surface area contributed by atoms with Crippen molar-refractivity contribution in [2.24, 2.45) is 5.92 Å². The smallest absolute Gasteiger partial charge is 0.220 e. The normalized spacial score (nSPS) is 15.2. The fraction of sp³-hybridized carbons (Fsp3) is 0.667. The van der Waals surface area contributed by atoms with Gasteiger partial charge in [-0.2, -0.15) is 0 Å². The van der Waals surface area contributed by atoms with Crippen LogP contribution in [-0.4, -0.2) is 24.0 Å². The number of thiazole rings is 1. The maximum Gasteiger partial charge on any atom is 0.220 e. The summed E-state index contributed by atoms with van der Waals surface area (Å²) in [6.45, 7) is 4.70. The molecule has 0 aliphatic carbocycles. The van der Waals surface area contributed by atoms with E-state index in [1.807, 2.05) is 12.4 Å². The first kappa shape index (κ1) is 18.6. The minimum Gasteiger partial charge on any atom is -0.351 e. The third kappa shape index (κ3) is 6.08. The highest BCUT2D eigenvalue weighted by Crippen LogP contribution is 2.16. The number of carbonyl (C=O) groups is 1. The maximum atomic E-state index is 11.8. The van der Waals surface area contributed by atoms with Crippen LogP contribution in [0.1, 0.15) is 29.8 Å². The van der Waals surface area contributed by atoms with Crippen LogP contribution in [0.2, 0.25) is 0 Å². The van der Waals surface area contributed by atoms with Gasteiger partial charge in [0.2, 0.25) is 5.91 Å². The lowest BCUT2D eigenvalue weighted by Crippen LogP contribution is -2.32. The molecule has 1 saturated heterocycles. The van der Waals surface area contributed by atoms with Crippen molar-refractivity contribution >= 4 is 42.1 Å². The number of hydrogen-bond donors (Lipinski definition) is 2. The Kier molecular flexibility index (Phi) is 9.35. The summed E-state index contributed by atoms with van der Waals surface area (Å²) in [7, 11) is 0. The molecule has 1 aromatic rings. The number of aryl methyl sites for hydroxylation is 1. The van der Waals surface area contributed by atoms with Crippen molar-refractivity contribution in [3.8, 4) is 0 Å². The van der Waals surface area contributed by atoms with E-state index in [1.165, 1.54) is 0 Å². The second kappa shape index (κ2) is 9.53. The quantitative estimate of drug-likeness (QED) is 0.893. The van der Waals surface area contributed by atoms with Gasteiger partial charge in [-0.15, -0.1) is 36.2 Å². The van der Waals surface area contributed by atoms with Crippen LogP contribution in [0.15, 0.2) is 5.51 Å². The molecule has 2 rings (SSSR count). The molecular weight excluding hydrogens is 305 g/mol. The summed E-state index contributed by atoms with van der Waals surface area (Å²) in [5.41, 5.74) is 2.85. The van der Waals surface area contributed by atoms with Crippen LogP contribution in [-0.2, 0) is 11.3 Å². The first-order chi connectivity index (χ1) is 8.25. The second-order valence-electron chi connectivity index (χ2n) is 4.54. The van der Waals surface area contributed by atoms with Crippen LogP contribution in [0.4, 0.5) is 0 Å². The highest BCUT2D eigenvalue weighted by atomic mass is 35.5. The molecule has 1 aliphatic rings. The molecule has 110 valence electrons. The number of aromatic nitrogens is 1. The molecule has 1 aliphatic heterocycles. The van der Waals surface area contributed by atoms with Crippen molar-refractivity contribution in [2.75, 3.05) is 13.1 Å². The summed E-state index contributed by atoms with van der Waals surface area (Å²) in [4.78, 5) is 17.1. The lowest BCUT2D eigenvalue weighted by Gasteiger charge is -2.21. The van der Waals surface area contributed by atoms with E-state index in [0.29, 0.717) is 18.9 Å². The van der Waals surface area contributed by atoms with Crippen molar-refractivity contribution in [2.45, 2.75) is 32.7 Å². The third-order valence-corrected chi connectivity index (χ3v) is 4.16. The van der Waals surface area contributed by atoms with Crippen molar-refractivity contribution < 1.29 is 4.79 Å². The Morgan fingerprint density at radius 2 is 2.16 bits per heavy atom. The predicted molar refractivity (Wildman–Crippen MR) is 83.4 cm³/mol. The zero-order valence-electron chi connectivity index (χ0n) is 11.0. The van der Waals surface area contributed by atoms with Gasteiger partial charge in [-0.1, -0.05) is 0 Å². The molecular formula is C12H21Cl2N3OS. The van der Waals surface area contributed by atoms with Gasteiger partial charge in [-0.3, -0.25) is 4.79 Å². The molecule has 0 saturated carbocycles. The molecule has 0 aromatic carbocycles. The molecule has 19 heavy (non-hydrogen) atoms. The zero-order chi connectivity index (χ0) is 12.1. The van der Waals surface area contributed by atoms with Gasteiger partial charge in [0.1, 0.15) is 0 Å². The summed E-state index contributed by atoms with van der Waals surface area (Å²) in [6, 6.07) is 0. The Hall–Kier alpha value is -0.360. The van der Waals surface area contributed by atoms with Gasteiger partial charge in [0, 0.05) is 11.3 Å². The summed E-state index contributed by atoms with van der Waals surface area (Å²) < 4.78 is 0. The highest BCUT2D eigenvalue weighted by Gasteiger charge is 2.16. The van der Waals surface area contributed by atoms with Gasteiger partial charge in [-0.05, 0) is 38.8 Å². The number of carbonyl (C=O) groups excluding carboxylic acids is 1. The van der Waals surface area contributed by atoms with Crippen LogP contribution in [0.5, 0.6) is 0 Å². The number of amides is 1. The van der Waals surface area contributed by atoms with Crippen LogP contribution >= 0.6 is 36.2 Å². The third-order valence-electron chi connectivity index (χ3n) is 3.22. The molecule has 1 amide bonds. The first-order valence-electron chi connectivity index (χ1n) is 6.12. The van der Waals surface area contributed by atoms with Gasteiger partial charge in [0.05, 0.1) is 17.7 Å². The predicted octanol–water partition coefficient (Wildman–Crippen LogP) is 2.30. The largest absolute Gasteiger partial charge is 0.351 e. The first-order valence-corrected chi connectivity index (χ1v) is 7.00. The minimum absolute atomic E-state index is 0. The zero-order valence-corrected chi connectivity index (χ0v) is 13.4. The van der Waals surface area contributed by atoms with Crippen LogP contribution in [0.25, 0.3) is 0 Å². The van der Waals surface area contributed by atoms with E-state index in [2.05, 4.69) is 15.6 Å². The Bertz CT molecular complexity index is 381. The Balaban J connectivity index is 0.00000162. The molecule has 2 heterocycles. The molecule has 0 spiro atoms. The number of halogens is 2. The fourth-order valence-electron chi connectivity index (χ4n) is 2.09. The van der Waals surface area contributed by atoms with E-state index in [9.17, 15) is 4.79 Å². The van der Waals surface area contributed by atoms with E-state index >= 15 is 0 Å². The second-order valence-corrected chi connectivity index (χ2v) is 5.47. The van der Waals surface area contributed by atoms with E-state index in [0.717, 1.165) is 36.5 Å². The molecule has 7 heteroatoms. The molecule has 0 atom stereocenters. The van der Waals surface area contributed by atoms with Crippen molar-refractivity contribution in [3.63, 3.8) is 0 Å². The highest BCUT2D eigenvalue weighted by molar-refractivity contribution is 7.09. The van der Waals surface area contributed by atoms with Crippen LogP contribution in [0.3, 0.4) is 0 Å². The molecule has 0 unspecified atom stereocenters. The van der Waals surface area contributed by atoms with E-state index in [4.69, 9.17) is 0 Å². The Morgan fingerprint density at radius 3 is 2.74 bits per heavy atom. The topological polar surface area (TPSA) is 54.0 Å². The van der Waals surface area contributed by atoms with Gasteiger partial charge < -0.3 is 10.6 Å². The standard InChI is InChI=1S/C12H19N3OS.2ClH/c1-9-11(17-8-15-9)7-14-12(16)6-10-2-4-13-5-3-10;;/h8,10,13H,2-7H2,1H3,(H,14,16);2*1H. The van der Waals surface area contributed by atoms with Gasteiger partial charge in [0.25, 0.3) is 0 Å². The summed E-state index contributed by atoms with van der Waals surface area (Å²) in [6.07, 6.45) is 2.90. The average molecular weight is 326 g/mol. The van der Waals surface area contributed by atoms with Crippen LogP contribution in [0, 0.1) is 12.8 Å². The SMILES string of the molecule is Cc1ncsc1CNC(=O)CC1CCNCC1.Cl.Cl. The molecule has 0 radical (unpaired) electrons. The fourth-order valence-corrected chi connectivity index (χ4v) is 2.81. The average Bonchev–Trinajstić information content (AvgIpc) is 2.74. The number of nitrogens with zero attached hydrogens (tertiary/aromatic N) is 1. The lowest BCUT2D eigenvalue weighted by molar-refractivity contribution is -0.122. The van der Waals surface area contributed by atoms with E-state index < -0.39 is 0 Å². The lowest BCUT2D eigenvalue weighted by atomic mass is 9.94. The molecule has 1 fully saturated rings. The number of piperidine rings is 1. The van der Waals surface area contributed by atoms with Crippen molar-refractivity contribution in [1.29, 1.82) is 0 Å². The van der Waals surface area contributed by atoms with Gasteiger partial charge in [0.15, 0.2) is 0 Å². The van der Waals surface area contributed by atoms with E-state index in [-0.39, 0.29) is 30.7 Å². The Labute approximate surface area is 130 Å². The van der Waals surface area contributed by atoms with Crippen molar-refractivity contribution in [3.05, 3.63) is 16.1 Å². The minimum atomic E-state index is 0. The molecule has 2 N–H and O–H groups in total. The van der Waals surface area contributed by atoms with Gasteiger partial charge >= 0.3 is 0 Å². The molecule has 0 bridgehead atoms.